The van der Waals surface area contributed by atoms with Crippen molar-refractivity contribution in [1.29, 1.82) is 0 Å². The van der Waals surface area contributed by atoms with Crippen molar-refractivity contribution in [3.05, 3.63) is 0 Å². The number of rotatable bonds is 13. The summed E-state index contributed by atoms with van der Waals surface area (Å²) in [7, 11) is 1.86. The van der Waals surface area contributed by atoms with Crippen LogP contribution in [0.25, 0.3) is 0 Å². The van der Waals surface area contributed by atoms with Gasteiger partial charge in [0.25, 0.3) is 0 Å². The van der Waals surface area contributed by atoms with E-state index in [9.17, 15) is 9.59 Å². The number of ether oxygens (including phenoxy) is 3. The SMILES string of the molecule is CCO[SiH](OCC)N(CCCOC)C(CC(=O)OC)C(=O)OC. The van der Waals surface area contributed by atoms with Gasteiger partial charge in [-0.2, -0.15) is 0 Å². The van der Waals surface area contributed by atoms with E-state index >= 15 is 0 Å². The molecule has 0 radical (unpaired) electrons. The molecule has 9 heteroatoms. The smallest absolute Gasteiger partial charge is 0.411 e. The molecule has 0 rings (SSSR count). The molecule has 0 aliphatic rings. The molecule has 0 N–H and O–H groups in total. The summed E-state index contributed by atoms with van der Waals surface area (Å²) in [4.78, 5) is 23.8. The van der Waals surface area contributed by atoms with Gasteiger partial charge in [0.2, 0.25) is 0 Å². The van der Waals surface area contributed by atoms with Crippen LogP contribution in [0.5, 0.6) is 0 Å². The molecule has 23 heavy (non-hydrogen) atoms. The molecule has 0 aliphatic heterocycles. The fourth-order valence-electron chi connectivity index (χ4n) is 2.04. The third-order valence-electron chi connectivity index (χ3n) is 3.12. The predicted molar refractivity (Wildman–Crippen MR) is 86.0 cm³/mol. The molecule has 0 heterocycles. The highest BCUT2D eigenvalue weighted by atomic mass is 28.3. The number of carbonyl (C=O) groups excluding carboxylic acids is 2. The summed E-state index contributed by atoms with van der Waals surface area (Å²) in [6, 6.07) is -0.793. The van der Waals surface area contributed by atoms with Gasteiger partial charge in [-0.05, 0) is 26.8 Å². The standard InChI is InChI=1S/C14H29NO7Si/c1-6-21-23(22-7-2)15(9-8-10-18-3)12(14(17)20-5)11-13(16)19-4/h12,23H,6-11H2,1-5H3. The van der Waals surface area contributed by atoms with E-state index in [1.165, 1.54) is 14.2 Å². The highest BCUT2D eigenvalue weighted by Crippen LogP contribution is 2.13. The number of hydrogen-bond acceptors (Lipinski definition) is 8. The number of esters is 2. The average molecular weight is 351 g/mol. The number of carbonyl (C=O) groups is 2. The third kappa shape index (κ3) is 8.42. The van der Waals surface area contributed by atoms with Crippen LogP contribution in [-0.2, 0) is 32.7 Å². The molecule has 0 aromatic carbocycles. The fourth-order valence-corrected chi connectivity index (χ4v) is 4.00. The summed E-state index contributed by atoms with van der Waals surface area (Å²) in [5, 5.41) is 0. The van der Waals surface area contributed by atoms with E-state index < -0.39 is 27.4 Å². The van der Waals surface area contributed by atoms with Gasteiger partial charge in [-0.3, -0.25) is 14.2 Å². The third-order valence-corrected chi connectivity index (χ3v) is 5.51. The molecule has 8 nitrogen and oxygen atoms in total. The van der Waals surface area contributed by atoms with E-state index in [2.05, 4.69) is 4.74 Å². The highest BCUT2D eigenvalue weighted by molar-refractivity contribution is 6.41. The van der Waals surface area contributed by atoms with Gasteiger partial charge in [0.05, 0.1) is 20.6 Å². The van der Waals surface area contributed by atoms with Crippen LogP contribution in [0.2, 0.25) is 0 Å². The lowest BCUT2D eigenvalue weighted by atomic mass is 10.2. The minimum Gasteiger partial charge on any atom is -0.469 e. The van der Waals surface area contributed by atoms with Crippen molar-refractivity contribution in [2.75, 3.05) is 47.7 Å². The molecule has 0 aliphatic carbocycles. The van der Waals surface area contributed by atoms with Crippen LogP contribution < -0.4 is 0 Å². The van der Waals surface area contributed by atoms with Crippen molar-refractivity contribution >= 4 is 21.4 Å². The van der Waals surface area contributed by atoms with Gasteiger partial charge in [0, 0.05) is 26.9 Å². The van der Waals surface area contributed by atoms with E-state index in [1.807, 2.05) is 13.8 Å². The summed E-state index contributed by atoms with van der Waals surface area (Å²) in [5.74, 6) is -0.998. The molecule has 1 unspecified atom stereocenters. The first-order valence-corrected chi connectivity index (χ1v) is 9.14. The van der Waals surface area contributed by atoms with Crippen LogP contribution in [0.4, 0.5) is 0 Å². The Kier molecular flexibility index (Phi) is 12.9. The molecular weight excluding hydrogens is 322 g/mol. The second-order valence-corrected chi connectivity index (χ2v) is 6.57. The van der Waals surface area contributed by atoms with Crippen molar-refractivity contribution in [3.8, 4) is 0 Å². The lowest BCUT2D eigenvalue weighted by Gasteiger charge is -2.33. The Morgan fingerprint density at radius 1 is 1.04 bits per heavy atom. The number of methoxy groups -OCH3 is 3. The second kappa shape index (κ2) is 13.4. The van der Waals surface area contributed by atoms with E-state index in [1.54, 1.807) is 11.7 Å². The van der Waals surface area contributed by atoms with Crippen LogP contribution in [0.15, 0.2) is 0 Å². The van der Waals surface area contributed by atoms with Gasteiger partial charge in [-0.1, -0.05) is 0 Å². The minimum atomic E-state index is -2.32. The van der Waals surface area contributed by atoms with Crippen molar-refractivity contribution in [1.82, 2.24) is 4.57 Å². The first kappa shape index (κ1) is 22.0. The minimum absolute atomic E-state index is 0.111. The van der Waals surface area contributed by atoms with Gasteiger partial charge in [-0.15, -0.1) is 0 Å². The van der Waals surface area contributed by atoms with Crippen molar-refractivity contribution in [3.63, 3.8) is 0 Å². The van der Waals surface area contributed by atoms with Crippen molar-refractivity contribution in [2.45, 2.75) is 32.7 Å². The maximum atomic E-state index is 12.2. The Morgan fingerprint density at radius 2 is 1.65 bits per heavy atom. The predicted octanol–water partition coefficient (Wildman–Crippen LogP) is 0.220. The average Bonchev–Trinajstić information content (AvgIpc) is 2.56. The molecule has 1 atom stereocenters. The molecular formula is C14H29NO7Si. The maximum Gasteiger partial charge on any atom is 0.411 e. The van der Waals surface area contributed by atoms with Gasteiger partial charge >= 0.3 is 21.4 Å². The Balaban J connectivity index is 5.31. The van der Waals surface area contributed by atoms with E-state index in [0.29, 0.717) is 32.8 Å². The Morgan fingerprint density at radius 3 is 2.09 bits per heavy atom. The second-order valence-electron chi connectivity index (χ2n) is 4.62. The summed E-state index contributed by atoms with van der Waals surface area (Å²) < 4.78 is 27.8. The topological polar surface area (TPSA) is 83.5 Å². The van der Waals surface area contributed by atoms with E-state index in [-0.39, 0.29) is 6.42 Å². The first-order valence-electron chi connectivity index (χ1n) is 7.68. The summed E-state index contributed by atoms with van der Waals surface area (Å²) in [5.41, 5.74) is 0. The Hall–Kier alpha value is -1.00. The largest absolute Gasteiger partial charge is 0.469 e. The van der Waals surface area contributed by atoms with Crippen molar-refractivity contribution < 1.29 is 32.7 Å². The van der Waals surface area contributed by atoms with Crippen molar-refractivity contribution in [2.24, 2.45) is 0 Å². The molecule has 0 spiro atoms. The van der Waals surface area contributed by atoms with Gasteiger partial charge in [0.15, 0.2) is 0 Å². The monoisotopic (exact) mass is 351 g/mol. The fraction of sp³-hybridized carbons (Fsp3) is 0.857. The summed E-state index contributed by atoms with van der Waals surface area (Å²) in [6.07, 6.45) is 0.564. The highest BCUT2D eigenvalue weighted by Gasteiger charge is 2.36. The Bertz CT molecular complexity index is 337. The first-order chi connectivity index (χ1) is 11.0. The molecule has 136 valence electrons. The van der Waals surface area contributed by atoms with Crippen LogP contribution >= 0.6 is 0 Å². The zero-order chi connectivity index (χ0) is 17.7. The maximum absolute atomic E-state index is 12.2. The van der Waals surface area contributed by atoms with Gasteiger partial charge in [-0.25, -0.2) is 0 Å². The molecule has 0 saturated heterocycles. The zero-order valence-corrected chi connectivity index (χ0v) is 15.9. The lowest BCUT2D eigenvalue weighted by molar-refractivity contribution is -0.152. The zero-order valence-electron chi connectivity index (χ0n) is 14.7. The summed E-state index contributed by atoms with van der Waals surface area (Å²) >= 11 is 0. The molecule has 0 aromatic rings. The molecule has 0 aromatic heterocycles. The van der Waals surface area contributed by atoms with E-state index in [0.717, 1.165) is 0 Å². The van der Waals surface area contributed by atoms with Gasteiger partial charge in [0.1, 0.15) is 6.04 Å². The number of nitrogens with zero attached hydrogens (tertiary/aromatic N) is 1. The van der Waals surface area contributed by atoms with Crippen LogP contribution in [0, 0.1) is 0 Å². The van der Waals surface area contributed by atoms with Gasteiger partial charge < -0.3 is 23.1 Å². The quantitative estimate of drug-likeness (QED) is 0.265. The molecule has 0 saturated carbocycles. The Labute approximate surface area is 139 Å². The normalized spacial score (nSPS) is 12.5. The molecule has 0 amide bonds. The van der Waals surface area contributed by atoms with Crippen LogP contribution in [-0.4, -0.2) is 79.7 Å². The lowest BCUT2D eigenvalue weighted by Crippen LogP contribution is -2.54. The van der Waals surface area contributed by atoms with Crippen LogP contribution in [0.1, 0.15) is 26.7 Å². The van der Waals surface area contributed by atoms with E-state index in [4.69, 9.17) is 18.3 Å². The molecule has 0 bridgehead atoms. The number of hydrogen-bond donors (Lipinski definition) is 0. The summed E-state index contributed by atoms with van der Waals surface area (Å²) in [6.45, 7) is 5.68. The van der Waals surface area contributed by atoms with Crippen LogP contribution in [0.3, 0.4) is 0 Å². The molecule has 0 fully saturated rings.